The number of amides is 1. The fraction of sp³-hybridized carbons (Fsp3) is 0.438. The van der Waals surface area contributed by atoms with Crippen LogP contribution in [0.25, 0.3) is 11.5 Å². The summed E-state index contributed by atoms with van der Waals surface area (Å²) < 4.78 is 11.2. The van der Waals surface area contributed by atoms with E-state index in [1.807, 2.05) is 49.1 Å². The Morgan fingerprint density at radius 3 is 2.61 bits per heavy atom. The summed E-state index contributed by atoms with van der Waals surface area (Å²) in [6, 6.07) is 9.57. The van der Waals surface area contributed by atoms with Gasteiger partial charge in [0.15, 0.2) is 0 Å². The maximum Gasteiger partial charge on any atom is 0.277 e. The molecule has 1 saturated heterocycles. The van der Waals surface area contributed by atoms with Crippen LogP contribution in [-0.2, 0) is 9.53 Å². The monoisotopic (exact) mass is 333 g/mol. The van der Waals surface area contributed by atoms with Crippen molar-refractivity contribution in [2.45, 2.75) is 31.3 Å². The van der Waals surface area contributed by atoms with Gasteiger partial charge in [0.05, 0.1) is 18.0 Å². The van der Waals surface area contributed by atoms with Crippen molar-refractivity contribution >= 4 is 17.7 Å². The number of hydrogen-bond donors (Lipinski definition) is 0. The average Bonchev–Trinajstić information content (AvgIpc) is 3.01. The van der Waals surface area contributed by atoms with Crippen LogP contribution >= 0.6 is 11.8 Å². The number of ether oxygens (including phenoxy) is 1. The first-order chi connectivity index (χ1) is 11.1. The number of carbonyl (C=O) groups excluding carboxylic acids is 1. The second-order valence-corrected chi connectivity index (χ2v) is 6.51. The largest absolute Gasteiger partial charge is 0.411 e. The van der Waals surface area contributed by atoms with Gasteiger partial charge in [-0.25, -0.2) is 0 Å². The highest BCUT2D eigenvalue weighted by atomic mass is 32.2. The molecule has 23 heavy (non-hydrogen) atoms. The Morgan fingerprint density at radius 1 is 1.22 bits per heavy atom. The molecule has 1 fully saturated rings. The van der Waals surface area contributed by atoms with Crippen molar-refractivity contribution < 1.29 is 13.9 Å². The van der Waals surface area contributed by atoms with E-state index in [0.717, 1.165) is 5.56 Å². The summed E-state index contributed by atoms with van der Waals surface area (Å²) in [6.45, 7) is 5.21. The van der Waals surface area contributed by atoms with Gasteiger partial charge in [0.1, 0.15) is 0 Å². The fourth-order valence-corrected chi connectivity index (χ4v) is 3.23. The first-order valence-corrected chi connectivity index (χ1v) is 8.55. The highest BCUT2D eigenvalue weighted by molar-refractivity contribution is 7.99. The van der Waals surface area contributed by atoms with Crippen LogP contribution in [0, 0.1) is 0 Å². The van der Waals surface area contributed by atoms with E-state index < -0.39 is 0 Å². The molecule has 1 aromatic heterocycles. The summed E-state index contributed by atoms with van der Waals surface area (Å²) in [6.07, 6.45) is 0.140. The molecular weight excluding hydrogens is 314 g/mol. The predicted octanol–water partition coefficient (Wildman–Crippen LogP) is 2.46. The molecule has 7 heteroatoms. The van der Waals surface area contributed by atoms with Crippen molar-refractivity contribution in [3.63, 3.8) is 0 Å². The Kier molecular flexibility index (Phi) is 4.97. The molecule has 1 amide bonds. The van der Waals surface area contributed by atoms with Gasteiger partial charge < -0.3 is 14.1 Å². The molecule has 0 radical (unpaired) electrons. The number of morpholine rings is 1. The van der Waals surface area contributed by atoms with Crippen molar-refractivity contribution in [2.24, 2.45) is 0 Å². The Labute approximate surface area is 139 Å². The van der Waals surface area contributed by atoms with E-state index in [1.165, 1.54) is 11.8 Å². The fourth-order valence-electron chi connectivity index (χ4n) is 2.56. The zero-order valence-corrected chi connectivity index (χ0v) is 14.0. The number of benzene rings is 1. The second kappa shape index (κ2) is 7.14. The molecule has 1 aromatic carbocycles. The molecule has 0 spiro atoms. The standard InChI is InChI=1S/C16H19N3O3S/c1-11-8-19(9-12(2)21-11)14(20)10-23-16-18-17-15(22-16)13-6-4-3-5-7-13/h3-7,11-12H,8-10H2,1-2H3/t11-,12-/m0/s1. The number of rotatable bonds is 4. The highest BCUT2D eigenvalue weighted by Crippen LogP contribution is 2.23. The average molecular weight is 333 g/mol. The van der Waals surface area contributed by atoms with E-state index in [2.05, 4.69) is 10.2 Å². The molecule has 1 aliphatic rings. The minimum absolute atomic E-state index is 0.0662. The van der Waals surface area contributed by atoms with E-state index >= 15 is 0 Å². The molecule has 122 valence electrons. The predicted molar refractivity (Wildman–Crippen MR) is 87.0 cm³/mol. The number of hydrogen-bond acceptors (Lipinski definition) is 6. The molecule has 2 aromatic rings. The van der Waals surface area contributed by atoms with Gasteiger partial charge in [-0.3, -0.25) is 4.79 Å². The van der Waals surface area contributed by atoms with E-state index in [9.17, 15) is 4.79 Å². The Balaban J connectivity index is 1.56. The van der Waals surface area contributed by atoms with Crippen LogP contribution in [0.3, 0.4) is 0 Å². The molecule has 0 saturated carbocycles. The molecular formula is C16H19N3O3S. The minimum atomic E-state index is 0.0662. The van der Waals surface area contributed by atoms with Gasteiger partial charge >= 0.3 is 0 Å². The van der Waals surface area contributed by atoms with Crippen molar-refractivity contribution in [2.75, 3.05) is 18.8 Å². The van der Waals surface area contributed by atoms with E-state index in [0.29, 0.717) is 24.2 Å². The first kappa shape index (κ1) is 16.0. The highest BCUT2D eigenvalue weighted by Gasteiger charge is 2.26. The molecule has 2 atom stereocenters. The van der Waals surface area contributed by atoms with Crippen LogP contribution in [0.15, 0.2) is 40.0 Å². The van der Waals surface area contributed by atoms with Crippen molar-refractivity contribution in [3.8, 4) is 11.5 Å². The number of carbonyl (C=O) groups is 1. The molecule has 2 heterocycles. The molecule has 0 bridgehead atoms. The molecule has 0 unspecified atom stereocenters. The van der Waals surface area contributed by atoms with Crippen molar-refractivity contribution in [1.29, 1.82) is 0 Å². The van der Waals surface area contributed by atoms with E-state index in [4.69, 9.17) is 9.15 Å². The summed E-state index contributed by atoms with van der Waals surface area (Å²) in [7, 11) is 0. The summed E-state index contributed by atoms with van der Waals surface area (Å²) in [5.74, 6) is 0.821. The van der Waals surface area contributed by atoms with Gasteiger partial charge in [-0.05, 0) is 26.0 Å². The SMILES string of the molecule is C[C@H]1CN(C(=O)CSc2nnc(-c3ccccc3)o2)C[C@H](C)O1. The summed E-state index contributed by atoms with van der Waals surface area (Å²) in [4.78, 5) is 14.1. The quantitative estimate of drug-likeness (QED) is 0.801. The van der Waals surface area contributed by atoms with Crippen LogP contribution in [0.5, 0.6) is 0 Å². The van der Waals surface area contributed by atoms with E-state index in [1.54, 1.807) is 0 Å². The Bertz CT molecular complexity index is 652. The lowest BCUT2D eigenvalue weighted by molar-refractivity contribution is -0.140. The molecule has 0 N–H and O–H groups in total. The van der Waals surface area contributed by atoms with Gasteiger partial charge in [0.25, 0.3) is 5.22 Å². The molecule has 0 aliphatic carbocycles. The van der Waals surface area contributed by atoms with Gasteiger partial charge in [-0.1, -0.05) is 30.0 Å². The number of nitrogens with zero attached hydrogens (tertiary/aromatic N) is 3. The van der Waals surface area contributed by atoms with Crippen LogP contribution in [0.2, 0.25) is 0 Å². The third-order valence-electron chi connectivity index (χ3n) is 3.52. The van der Waals surface area contributed by atoms with E-state index in [-0.39, 0.29) is 23.9 Å². The van der Waals surface area contributed by atoms with Crippen LogP contribution in [-0.4, -0.2) is 52.1 Å². The maximum atomic E-state index is 12.3. The van der Waals surface area contributed by atoms with Crippen molar-refractivity contribution in [1.82, 2.24) is 15.1 Å². The lowest BCUT2D eigenvalue weighted by atomic mass is 10.2. The zero-order chi connectivity index (χ0) is 16.2. The van der Waals surface area contributed by atoms with Crippen LogP contribution in [0.1, 0.15) is 13.8 Å². The summed E-state index contributed by atoms with van der Waals surface area (Å²) in [5.41, 5.74) is 0.869. The zero-order valence-electron chi connectivity index (χ0n) is 13.1. The van der Waals surface area contributed by atoms with Gasteiger partial charge in [0, 0.05) is 18.7 Å². The number of aromatic nitrogens is 2. The van der Waals surface area contributed by atoms with Crippen molar-refractivity contribution in [3.05, 3.63) is 30.3 Å². The molecule has 3 rings (SSSR count). The topological polar surface area (TPSA) is 68.5 Å². The summed E-state index contributed by atoms with van der Waals surface area (Å²) in [5, 5.41) is 8.42. The molecule has 6 nitrogen and oxygen atoms in total. The van der Waals surface area contributed by atoms with Gasteiger partial charge in [0.2, 0.25) is 11.8 Å². The Hall–Kier alpha value is -1.86. The summed E-state index contributed by atoms with van der Waals surface area (Å²) >= 11 is 1.27. The first-order valence-electron chi connectivity index (χ1n) is 7.57. The van der Waals surface area contributed by atoms with Crippen LogP contribution < -0.4 is 0 Å². The van der Waals surface area contributed by atoms with Gasteiger partial charge in [-0.2, -0.15) is 0 Å². The maximum absolute atomic E-state index is 12.3. The normalized spacial score (nSPS) is 21.4. The smallest absolute Gasteiger partial charge is 0.277 e. The third-order valence-corrected chi connectivity index (χ3v) is 4.32. The number of thioether (sulfide) groups is 1. The minimum Gasteiger partial charge on any atom is -0.411 e. The lowest BCUT2D eigenvalue weighted by Crippen LogP contribution is -2.48. The van der Waals surface area contributed by atoms with Gasteiger partial charge in [-0.15, -0.1) is 10.2 Å². The van der Waals surface area contributed by atoms with Crippen LogP contribution in [0.4, 0.5) is 0 Å². The Morgan fingerprint density at radius 2 is 1.91 bits per heavy atom. The third kappa shape index (κ3) is 4.11. The lowest BCUT2D eigenvalue weighted by Gasteiger charge is -2.35. The molecule has 1 aliphatic heterocycles. The second-order valence-electron chi connectivity index (χ2n) is 5.58.